The van der Waals surface area contributed by atoms with Crippen LogP contribution < -0.4 is 5.73 Å². The standard InChI is InChI=1S/C18H21N3/c1-11-7-12(2)17(13(3)8-11)18-20-15-9-14(10-19)5-6-16(15)21(18)4/h5-9H,10,19H2,1-4H3. The van der Waals surface area contributed by atoms with Gasteiger partial charge in [-0.3, -0.25) is 0 Å². The maximum atomic E-state index is 5.73. The Labute approximate surface area is 125 Å². The molecule has 0 bridgehead atoms. The fourth-order valence-corrected chi connectivity index (χ4v) is 3.13. The van der Waals surface area contributed by atoms with Crippen molar-refractivity contribution < 1.29 is 0 Å². The number of hydrogen-bond donors (Lipinski definition) is 1. The zero-order valence-corrected chi connectivity index (χ0v) is 13.1. The zero-order chi connectivity index (χ0) is 15.1. The van der Waals surface area contributed by atoms with Gasteiger partial charge in [0.2, 0.25) is 0 Å². The summed E-state index contributed by atoms with van der Waals surface area (Å²) in [6.45, 7) is 6.98. The second-order valence-corrected chi connectivity index (χ2v) is 5.80. The van der Waals surface area contributed by atoms with Crippen LogP contribution in [-0.2, 0) is 13.6 Å². The summed E-state index contributed by atoms with van der Waals surface area (Å²) in [6.07, 6.45) is 0. The Kier molecular flexibility index (Phi) is 3.30. The Morgan fingerprint density at radius 1 is 1.05 bits per heavy atom. The molecule has 0 aliphatic heterocycles. The number of aromatic nitrogens is 2. The van der Waals surface area contributed by atoms with Crippen molar-refractivity contribution in [3.8, 4) is 11.4 Å². The second-order valence-electron chi connectivity index (χ2n) is 5.80. The molecule has 0 amide bonds. The van der Waals surface area contributed by atoms with Crippen LogP contribution in [0.4, 0.5) is 0 Å². The van der Waals surface area contributed by atoms with Crippen LogP contribution >= 0.6 is 0 Å². The van der Waals surface area contributed by atoms with E-state index in [0.717, 1.165) is 22.4 Å². The number of nitrogens with two attached hydrogens (primary N) is 1. The molecule has 21 heavy (non-hydrogen) atoms. The Morgan fingerprint density at radius 2 is 1.71 bits per heavy atom. The lowest BCUT2D eigenvalue weighted by molar-refractivity contribution is 0.954. The molecule has 0 saturated carbocycles. The number of benzene rings is 2. The summed E-state index contributed by atoms with van der Waals surface area (Å²) in [5.74, 6) is 1.02. The van der Waals surface area contributed by atoms with Crippen LogP contribution in [0.15, 0.2) is 30.3 Å². The predicted octanol–water partition coefficient (Wildman–Crippen LogP) is 3.62. The van der Waals surface area contributed by atoms with Gasteiger partial charge in [-0.2, -0.15) is 0 Å². The van der Waals surface area contributed by atoms with Gasteiger partial charge >= 0.3 is 0 Å². The lowest BCUT2D eigenvalue weighted by atomic mass is 9.99. The maximum absolute atomic E-state index is 5.73. The van der Waals surface area contributed by atoms with Crippen LogP contribution in [0.25, 0.3) is 22.4 Å². The van der Waals surface area contributed by atoms with E-state index in [4.69, 9.17) is 10.7 Å². The van der Waals surface area contributed by atoms with E-state index in [-0.39, 0.29) is 0 Å². The fraction of sp³-hybridized carbons (Fsp3) is 0.278. The summed E-state index contributed by atoms with van der Waals surface area (Å²) in [6, 6.07) is 10.7. The van der Waals surface area contributed by atoms with Crippen molar-refractivity contribution in [1.29, 1.82) is 0 Å². The summed E-state index contributed by atoms with van der Waals surface area (Å²) < 4.78 is 2.17. The van der Waals surface area contributed by atoms with Gasteiger partial charge in [0.05, 0.1) is 11.0 Å². The van der Waals surface area contributed by atoms with Crippen molar-refractivity contribution in [2.75, 3.05) is 0 Å². The fourth-order valence-electron chi connectivity index (χ4n) is 3.13. The number of aryl methyl sites for hydroxylation is 4. The first kappa shape index (κ1) is 13.8. The average Bonchev–Trinajstić information content (AvgIpc) is 2.74. The van der Waals surface area contributed by atoms with Gasteiger partial charge < -0.3 is 10.3 Å². The van der Waals surface area contributed by atoms with Crippen LogP contribution in [0.1, 0.15) is 22.3 Å². The normalized spacial score (nSPS) is 11.3. The van der Waals surface area contributed by atoms with Gasteiger partial charge in [-0.15, -0.1) is 0 Å². The summed E-state index contributed by atoms with van der Waals surface area (Å²) in [7, 11) is 2.07. The minimum Gasteiger partial charge on any atom is -0.327 e. The van der Waals surface area contributed by atoms with Crippen molar-refractivity contribution >= 4 is 11.0 Å². The number of fused-ring (bicyclic) bond motifs is 1. The van der Waals surface area contributed by atoms with E-state index >= 15 is 0 Å². The predicted molar refractivity (Wildman–Crippen MR) is 88.3 cm³/mol. The van der Waals surface area contributed by atoms with Crippen LogP contribution in [0.3, 0.4) is 0 Å². The molecule has 2 aromatic carbocycles. The molecule has 108 valence electrons. The van der Waals surface area contributed by atoms with Crippen LogP contribution in [0.5, 0.6) is 0 Å². The van der Waals surface area contributed by atoms with Gasteiger partial charge in [0.25, 0.3) is 0 Å². The van der Waals surface area contributed by atoms with E-state index in [1.165, 1.54) is 22.3 Å². The third-order valence-electron chi connectivity index (χ3n) is 4.08. The van der Waals surface area contributed by atoms with Gasteiger partial charge in [0.15, 0.2) is 0 Å². The molecule has 3 aromatic rings. The van der Waals surface area contributed by atoms with Crippen molar-refractivity contribution in [3.05, 3.63) is 52.6 Å². The molecule has 3 nitrogen and oxygen atoms in total. The lowest BCUT2D eigenvalue weighted by Gasteiger charge is -2.11. The van der Waals surface area contributed by atoms with E-state index in [2.05, 4.69) is 62.7 Å². The van der Waals surface area contributed by atoms with Crippen molar-refractivity contribution in [3.63, 3.8) is 0 Å². The number of nitrogens with zero attached hydrogens (tertiary/aromatic N) is 2. The van der Waals surface area contributed by atoms with Crippen LogP contribution in [-0.4, -0.2) is 9.55 Å². The Balaban J connectivity index is 2.28. The highest BCUT2D eigenvalue weighted by Gasteiger charge is 2.14. The summed E-state index contributed by atoms with van der Waals surface area (Å²) in [4.78, 5) is 4.85. The highest BCUT2D eigenvalue weighted by molar-refractivity contribution is 5.82. The Hall–Kier alpha value is -2.13. The molecule has 0 unspecified atom stereocenters. The average molecular weight is 279 g/mol. The molecule has 2 N–H and O–H groups in total. The van der Waals surface area contributed by atoms with Crippen molar-refractivity contribution in [2.45, 2.75) is 27.3 Å². The van der Waals surface area contributed by atoms with E-state index < -0.39 is 0 Å². The smallest absolute Gasteiger partial charge is 0.141 e. The van der Waals surface area contributed by atoms with Gasteiger partial charge in [0, 0.05) is 19.2 Å². The molecule has 1 heterocycles. The second kappa shape index (κ2) is 5.01. The molecule has 0 spiro atoms. The summed E-state index contributed by atoms with van der Waals surface area (Å²) >= 11 is 0. The maximum Gasteiger partial charge on any atom is 0.141 e. The molecule has 0 aliphatic carbocycles. The van der Waals surface area contributed by atoms with Gasteiger partial charge in [-0.05, 0) is 49.6 Å². The SMILES string of the molecule is Cc1cc(C)c(-c2nc3cc(CN)ccc3n2C)c(C)c1. The summed E-state index contributed by atoms with van der Waals surface area (Å²) in [5.41, 5.74) is 14.0. The van der Waals surface area contributed by atoms with E-state index in [0.29, 0.717) is 6.54 Å². The summed E-state index contributed by atoms with van der Waals surface area (Å²) in [5, 5.41) is 0. The number of hydrogen-bond acceptors (Lipinski definition) is 2. The molecule has 3 heteroatoms. The van der Waals surface area contributed by atoms with E-state index in [9.17, 15) is 0 Å². The molecule has 0 radical (unpaired) electrons. The van der Waals surface area contributed by atoms with Gasteiger partial charge in [-0.25, -0.2) is 4.98 Å². The van der Waals surface area contributed by atoms with Gasteiger partial charge in [-0.1, -0.05) is 23.8 Å². The monoisotopic (exact) mass is 279 g/mol. The van der Waals surface area contributed by atoms with Crippen molar-refractivity contribution in [2.24, 2.45) is 12.8 Å². The van der Waals surface area contributed by atoms with Crippen LogP contribution in [0.2, 0.25) is 0 Å². The number of imidazole rings is 1. The third kappa shape index (κ3) is 2.24. The van der Waals surface area contributed by atoms with Crippen molar-refractivity contribution in [1.82, 2.24) is 9.55 Å². The minimum atomic E-state index is 0.546. The largest absolute Gasteiger partial charge is 0.327 e. The highest BCUT2D eigenvalue weighted by Crippen LogP contribution is 2.30. The third-order valence-corrected chi connectivity index (χ3v) is 4.08. The quantitative estimate of drug-likeness (QED) is 0.778. The minimum absolute atomic E-state index is 0.546. The highest BCUT2D eigenvalue weighted by atomic mass is 15.1. The Bertz CT molecular complexity index is 805. The number of rotatable bonds is 2. The molecule has 0 atom stereocenters. The van der Waals surface area contributed by atoms with Gasteiger partial charge in [0.1, 0.15) is 5.82 Å². The molecule has 0 aliphatic rings. The molecule has 3 rings (SSSR count). The topological polar surface area (TPSA) is 43.8 Å². The van der Waals surface area contributed by atoms with Crippen LogP contribution in [0, 0.1) is 20.8 Å². The first-order chi connectivity index (χ1) is 10.0. The lowest BCUT2D eigenvalue weighted by Crippen LogP contribution is -1.98. The molecule has 0 fully saturated rings. The molecular formula is C18H21N3. The zero-order valence-electron chi connectivity index (χ0n) is 13.1. The van der Waals surface area contributed by atoms with E-state index in [1.54, 1.807) is 0 Å². The molecule has 1 aromatic heterocycles. The molecule has 0 saturated heterocycles. The molecular weight excluding hydrogens is 258 g/mol. The Morgan fingerprint density at radius 3 is 2.33 bits per heavy atom. The first-order valence-electron chi connectivity index (χ1n) is 7.25. The van der Waals surface area contributed by atoms with E-state index in [1.807, 2.05) is 0 Å². The first-order valence-corrected chi connectivity index (χ1v) is 7.25.